The molecule has 140 valence electrons. The molecule has 0 radical (unpaired) electrons. The van der Waals surface area contributed by atoms with E-state index in [4.69, 9.17) is 23.2 Å². The number of hydrogen-bond acceptors (Lipinski definition) is 3. The smallest absolute Gasteiger partial charge is 0.320 e. The molecule has 0 spiro atoms. The highest BCUT2D eigenvalue weighted by Gasteiger charge is 2.34. The van der Waals surface area contributed by atoms with Crippen molar-refractivity contribution in [2.75, 3.05) is 5.32 Å². The number of amides is 1. The van der Waals surface area contributed by atoms with Gasteiger partial charge in [0, 0.05) is 10.1 Å². The number of benzene rings is 1. The summed E-state index contributed by atoms with van der Waals surface area (Å²) < 4.78 is 40.3. The van der Waals surface area contributed by atoms with Gasteiger partial charge in [-0.15, -0.1) is 11.8 Å². The topological polar surface area (TPSA) is 42.0 Å². The van der Waals surface area contributed by atoms with Crippen LogP contribution in [0.15, 0.2) is 35.2 Å². The second-order valence-corrected chi connectivity index (χ2v) is 7.77. The molecule has 1 atom stereocenters. The number of carbonyl (C=O) groups is 1. The van der Waals surface area contributed by atoms with Crippen LogP contribution in [0.1, 0.15) is 36.3 Å². The Morgan fingerprint density at radius 1 is 1.27 bits per heavy atom. The second kappa shape index (κ2) is 8.50. The van der Waals surface area contributed by atoms with Crippen molar-refractivity contribution in [1.29, 1.82) is 0 Å². The molecule has 1 amide bonds. The van der Waals surface area contributed by atoms with Gasteiger partial charge in [0.2, 0.25) is 0 Å². The van der Waals surface area contributed by atoms with Crippen LogP contribution in [0.2, 0.25) is 10.2 Å². The lowest BCUT2D eigenvalue weighted by Gasteiger charge is -2.16. The summed E-state index contributed by atoms with van der Waals surface area (Å²) >= 11 is 12.9. The summed E-state index contributed by atoms with van der Waals surface area (Å²) in [4.78, 5) is 16.5. The van der Waals surface area contributed by atoms with E-state index in [0.29, 0.717) is 4.90 Å². The minimum atomic E-state index is -4.62. The largest absolute Gasteiger partial charge is 0.418 e. The van der Waals surface area contributed by atoms with Crippen LogP contribution in [0.4, 0.5) is 18.9 Å². The summed E-state index contributed by atoms with van der Waals surface area (Å²) in [7, 11) is 0. The number of thioether (sulfide) groups is 1. The predicted molar refractivity (Wildman–Crippen MR) is 99.3 cm³/mol. The number of carbonyl (C=O) groups excluding carboxylic acids is 1. The fourth-order valence-electron chi connectivity index (χ4n) is 2.01. The maximum atomic E-state index is 13.4. The molecule has 0 aliphatic rings. The summed E-state index contributed by atoms with van der Waals surface area (Å²) in [5.74, 6) is -0.870. The van der Waals surface area contributed by atoms with Crippen LogP contribution in [0.5, 0.6) is 0 Å². The van der Waals surface area contributed by atoms with Crippen LogP contribution in [-0.4, -0.2) is 16.1 Å². The van der Waals surface area contributed by atoms with Crippen molar-refractivity contribution in [1.82, 2.24) is 4.98 Å². The van der Waals surface area contributed by atoms with Gasteiger partial charge in [0.15, 0.2) is 0 Å². The zero-order valence-corrected chi connectivity index (χ0v) is 16.2. The minimum absolute atomic E-state index is 0.00981. The zero-order chi connectivity index (χ0) is 19.5. The molecule has 1 N–H and O–H groups in total. The molecule has 0 bridgehead atoms. The molecule has 26 heavy (non-hydrogen) atoms. The quantitative estimate of drug-likeness (QED) is 0.438. The van der Waals surface area contributed by atoms with E-state index >= 15 is 0 Å². The van der Waals surface area contributed by atoms with Crippen LogP contribution in [-0.2, 0) is 6.18 Å². The van der Waals surface area contributed by atoms with Gasteiger partial charge in [-0.1, -0.05) is 37.0 Å². The van der Waals surface area contributed by atoms with Gasteiger partial charge in [0.05, 0.1) is 16.3 Å². The van der Waals surface area contributed by atoms with Crippen LogP contribution < -0.4 is 5.32 Å². The molecule has 1 aromatic heterocycles. The molecule has 1 unspecified atom stereocenters. The lowest BCUT2D eigenvalue weighted by Crippen LogP contribution is -2.18. The summed E-state index contributed by atoms with van der Waals surface area (Å²) in [5.41, 5.74) is -1.54. The van der Waals surface area contributed by atoms with E-state index in [1.165, 1.54) is 36.0 Å². The SMILES string of the molecule is CCC(C)Sc1ccc(NC(=O)c2nc(Cl)ccc2Cl)c(C(F)(F)F)c1. The Kier molecular flexibility index (Phi) is 6.82. The number of nitrogens with one attached hydrogen (secondary N) is 1. The van der Waals surface area contributed by atoms with Gasteiger partial charge in [0.25, 0.3) is 5.91 Å². The minimum Gasteiger partial charge on any atom is -0.320 e. The Labute approximate surface area is 163 Å². The number of pyridine rings is 1. The average molecular weight is 423 g/mol. The standard InChI is InChI=1S/C17H15Cl2F3N2OS/c1-3-9(2)26-10-4-6-13(11(8-10)17(20,21)22)23-16(25)15-12(18)5-7-14(19)24-15/h4-9H,3H2,1-2H3,(H,23,25). The fraction of sp³-hybridized carbons (Fsp3) is 0.294. The molecule has 0 aliphatic carbocycles. The highest BCUT2D eigenvalue weighted by atomic mass is 35.5. The van der Waals surface area contributed by atoms with Gasteiger partial charge in [-0.25, -0.2) is 4.98 Å². The van der Waals surface area contributed by atoms with Crippen molar-refractivity contribution in [3.8, 4) is 0 Å². The van der Waals surface area contributed by atoms with Gasteiger partial charge in [-0.05, 0) is 36.8 Å². The first-order valence-electron chi connectivity index (χ1n) is 7.63. The van der Waals surface area contributed by atoms with Crippen LogP contribution in [0.3, 0.4) is 0 Å². The monoisotopic (exact) mass is 422 g/mol. The van der Waals surface area contributed by atoms with Crippen molar-refractivity contribution in [2.24, 2.45) is 0 Å². The summed E-state index contributed by atoms with van der Waals surface area (Å²) in [6.45, 7) is 3.89. The van der Waals surface area contributed by atoms with Gasteiger partial charge in [-0.3, -0.25) is 4.79 Å². The molecule has 0 aliphatic heterocycles. The molecule has 3 nitrogen and oxygen atoms in total. The predicted octanol–water partition coefficient (Wildman–Crippen LogP) is 6.55. The Hall–Kier alpha value is -1.44. The Morgan fingerprint density at radius 2 is 1.96 bits per heavy atom. The van der Waals surface area contributed by atoms with Gasteiger partial charge < -0.3 is 5.32 Å². The highest BCUT2D eigenvalue weighted by molar-refractivity contribution is 7.99. The summed E-state index contributed by atoms with van der Waals surface area (Å²) in [5, 5.41) is 2.39. The third-order valence-corrected chi connectivity index (χ3v) is 5.26. The normalized spacial score (nSPS) is 12.7. The molecule has 0 saturated heterocycles. The lowest BCUT2D eigenvalue weighted by molar-refractivity contribution is -0.137. The number of halogens is 5. The molecular formula is C17H15Cl2F3N2OS. The highest BCUT2D eigenvalue weighted by Crippen LogP contribution is 2.38. The van der Waals surface area contributed by atoms with Gasteiger partial charge in [0.1, 0.15) is 10.8 Å². The lowest BCUT2D eigenvalue weighted by atomic mass is 10.1. The third kappa shape index (κ3) is 5.28. The third-order valence-electron chi connectivity index (χ3n) is 3.48. The molecule has 2 rings (SSSR count). The number of hydrogen-bond donors (Lipinski definition) is 1. The molecular weight excluding hydrogens is 408 g/mol. The Balaban J connectivity index is 2.36. The van der Waals surface area contributed by atoms with E-state index in [1.807, 2.05) is 13.8 Å². The first-order valence-corrected chi connectivity index (χ1v) is 9.26. The van der Waals surface area contributed by atoms with E-state index in [0.717, 1.165) is 12.5 Å². The van der Waals surface area contributed by atoms with E-state index < -0.39 is 17.6 Å². The van der Waals surface area contributed by atoms with Crippen molar-refractivity contribution in [3.63, 3.8) is 0 Å². The average Bonchev–Trinajstić information content (AvgIpc) is 2.57. The van der Waals surface area contributed by atoms with E-state index in [1.54, 1.807) is 0 Å². The number of nitrogens with zero attached hydrogens (tertiary/aromatic N) is 1. The van der Waals surface area contributed by atoms with Crippen molar-refractivity contribution in [3.05, 3.63) is 51.8 Å². The zero-order valence-electron chi connectivity index (χ0n) is 13.8. The van der Waals surface area contributed by atoms with Crippen molar-refractivity contribution >= 4 is 46.6 Å². The number of anilines is 1. The van der Waals surface area contributed by atoms with Crippen LogP contribution in [0.25, 0.3) is 0 Å². The molecule has 0 saturated carbocycles. The van der Waals surface area contributed by atoms with E-state index in [2.05, 4.69) is 10.3 Å². The van der Waals surface area contributed by atoms with Crippen LogP contribution in [0, 0.1) is 0 Å². The van der Waals surface area contributed by atoms with E-state index in [-0.39, 0.29) is 26.8 Å². The van der Waals surface area contributed by atoms with E-state index in [9.17, 15) is 18.0 Å². The van der Waals surface area contributed by atoms with Gasteiger partial charge >= 0.3 is 6.18 Å². The van der Waals surface area contributed by atoms with Crippen molar-refractivity contribution < 1.29 is 18.0 Å². The number of aromatic nitrogens is 1. The maximum Gasteiger partial charge on any atom is 0.418 e. The van der Waals surface area contributed by atoms with Gasteiger partial charge in [-0.2, -0.15) is 13.2 Å². The Morgan fingerprint density at radius 3 is 2.58 bits per heavy atom. The number of alkyl halides is 3. The van der Waals surface area contributed by atoms with Crippen LogP contribution >= 0.6 is 35.0 Å². The van der Waals surface area contributed by atoms with Crippen molar-refractivity contribution in [2.45, 2.75) is 36.6 Å². The molecule has 2 aromatic rings. The molecule has 9 heteroatoms. The summed E-state index contributed by atoms with van der Waals surface area (Å²) in [6, 6.07) is 6.52. The first kappa shape index (κ1) is 20.9. The summed E-state index contributed by atoms with van der Waals surface area (Å²) in [6.07, 6.45) is -3.80. The maximum absolute atomic E-state index is 13.4. The molecule has 0 fully saturated rings. The first-order chi connectivity index (χ1) is 12.1. The molecule has 1 heterocycles. The fourth-order valence-corrected chi connectivity index (χ4v) is 3.32. The Bertz CT molecular complexity index is 815. The molecule has 1 aromatic carbocycles. The number of rotatable bonds is 5. The second-order valence-electron chi connectivity index (χ2n) is 5.46.